The van der Waals surface area contributed by atoms with Gasteiger partial charge in [0, 0.05) is 6.08 Å². The van der Waals surface area contributed by atoms with E-state index >= 15 is 0 Å². The first-order chi connectivity index (χ1) is 7.63. The van der Waals surface area contributed by atoms with Gasteiger partial charge in [-0.2, -0.15) is 0 Å². The predicted molar refractivity (Wildman–Crippen MR) is 62.3 cm³/mol. The van der Waals surface area contributed by atoms with Crippen molar-refractivity contribution in [2.24, 2.45) is 0 Å². The molecule has 0 spiro atoms. The van der Waals surface area contributed by atoms with Gasteiger partial charge in [-0.3, -0.25) is 0 Å². The van der Waals surface area contributed by atoms with Crippen molar-refractivity contribution in [1.82, 2.24) is 0 Å². The first kappa shape index (κ1) is 12.3. The largest absolute Gasteiger partial charge is 0.508 e. The van der Waals surface area contributed by atoms with Crippen LogP contribution in [0.15, 0.2) is 30.4 Å². The number of aromatic hydroxyl groups is 1. The van der Waals surface area contributed by atoms with Crippen LogP contribution in [-0.4, -0.2) is 18.2 Å². The van der Waals surface area contributed by atoms with E-state index in [1.165, 1.54) is 13.2 Å². The Labute approximate surface area is 95.4 Å². The average molecular weight is 220 g/mol. The van der Waals surface area contributed by atoms with Crippen LogP contribution < -0.4 is 0 Å². The Balaban J connectivity index is 2.51. The molecule has 0 bridgehead atoms. The summed E-state index contributed by atoms with van der Waals surface area (Å²) >= 11 is 0. The van der Waals surface area contributed by atoms with Crippen molar-refractivity contribution in [2.75, 3.05) is 7.11 Å². The first-order valence-corrected chi connectivity index (χ1v) is 5.16. The van der Waals surface area contributed by atoms with E-state index in [1.807, 2.05) is 19.1 Å². The van der Waals surface area contributed by atoms with Crippen molar-refractivity contribution in [3.05, 3.63) is 41.5 Å². The Kier molecular flexibility index (Phi) is 4.58. The highest BCUT2D eigenvalue weighted by molar-refractivity contribution is 5.81. The molecule has 0 radical (unpaired) electrons. The van der Waals surface area contributed by atoms with Gasteiger partial charge in [-0.05, 0) is 31.4 Å². The number of methoxy groups -OCH3 is 1. The number of carbonyl (C=O) groups is 1. The van der Waals surface area contributed by atoms with E-state index in [-0.39, 0.29) is 5.97 Å². The summed E-state index contributed by atoms with van der Waals surface area (Å²) < 4.78 is 4.47. The van der Waals surface area contributed by atoms with Crippen molar-refractivity contribution in [2.45, 2.75) is 19.8 Å². The number of esters is 1. The zero-order chi connectivity index (χ0) is 12.0. The molecule has 1 aromatic rings. The van der Waals surface area contributed by atoms with Crippen LogP contribution in [0.5, 0.6) is 5.75 Å². The topological polar surface area (TPSA) is 46.5 Å². The van der Waals surface area contributed by atoms with E-state index in [4.69, 9.17) is 0 Å². The molecule has 0 amide bonds. The van der Waals surface area contributed by atoms with Gasteiger partial charge in [0.05, 0.1) is 7.11 Å². The molecule has 0 fully saturated rings. The molecule has 0 unspecified atom stereocenters. The number of phenolic OH excluding ortho intramolecular Hbond substituents is 1. The zero-order valence-electron chi connectivity index (χ0n) is 9.56. The zero-order valence-corrected chi connectivity index (χ0v) is 9.56. The minimum absolute atomic E-state index is 0.303. The van der Waals surface area contributed by atoms with Gasteiger partial charge in [-0.15, -0.1) is 0 Å². The van der Waals surface area contributed by atoms with Crippen LogP contribution in [-0.2, 0) is 16.0 Å². The van der Waals surface area contributed by atoms with E-state index in [2.05, 4.69) is 4.74 Å². The quantitative estimate of drug-likeness (QED) is 0.626. The molecule has 3 nitrogen and oxygen atoms in total. The van der Waals surface area contributed by atoms with Crippen molar-refractivity contribution < 1.29 is 14.6 Å². The lowest BCUT2D eigenvalue weighted by Gasteiger charge is -2.03. The molecule has 3 heteroatoms. The highest BCUT2D eigenvalue weighted by Crippen LogP contribution is 2.19. The third-order valence-corrected chi connectivity index (χ3v) is 2.27. The Bertz CT molecular complexity index is 394. The first-order valence-electron chi connectivity index (χ1n) is 5.16. The van der Waals surface area contributed by atoms with Gasteiger partial charge in [-0.1, -0.05) is 23.8 Å². The minimum Gasteiger partial charge on any atom is -0.508 e. The summed E-state index contributed by atoms with van der Waals surface area (Å²) in [4.78, 5) is 10.8. The third kappa shape index (κ3) is 3.77. The van der Waals surface area contributed by atoms with E-state index in [9.17, 15) is 9.90 Å². The monoisotopic (exact) mass is 220 g/mol. The number of ether oxygens (including phenoxy) is 1. The van der Waals surface area contributed by atoms with E-state index in [0.717, 1.165) is 11.1 Å². The number of allylic oxidation sites excluding steroid dienone is 1. The molecular formula is C13H16O3. The van der Waals surface area contributed by atoms with Gasteiger partial charge in [0.25, 0.3) is 0 Å². The number of hydrogen-bond acceptors (Lipinski definition) is 3. The summed E-state index contributed by atoms with van der Waals surface area (Å²) in [6.07, 6.45) is 4.55. The lowest BCUT2D eigenvalue weighted by molar-refractivity contribution is -0.134. The van der Waals surface area contributed by atoms with Gasteiger partial charge in [-0.25, -0.2) is 4.79 Å². The molecule has 0 atom stereocenters. The van der Waals surface area contributed by atoms with E-state index in [1.54, 1.807) is 12.1 Å². The maximum absolute atomic E-state index is 10.8. The lowest BCUT2D eigenvalue weighted by Crippen LogP contribution is -1.93. The van der Waals surface area contributed by atoms with Crippen LogP contribution in [0.1, 0.15) is 17.5 Å². The fourth-order valence-electron chi connectivity index (χ4n) is 1.40. The van der Waals surface area contributed by atoms with Gasteiger partial charge < -0.3 is 9.84 Å². The molecule has 0 aliphatic heterocycles. The maximum Gasteiger partial charge on any atom is 0.330 e. The number of aryl methyl sites for hydroxylation is 2. The second kappa shape index (κ2) is 5.95. The van der Waals surface area contributed by atoms with E-state index in [0.29, 0.717) is 18.6 Å². The number of carbonyl (C=O) groups excluding carboxylic acids is 1. The lowest BCUT2D eigenvalue weighted by atomic mass is 10.1. The highest BCUT2D eigenvalue weighted by Gasteiger charge is 2.00. The molecule has 0 aliphatic carbocycles. The molecule has 1 N–H and O–H groups in total. The van der Waals surface area contributed by atoms with Crippen LogP contribution >= 0.6 is 0 Å². The van der Waals surface area contributed by atoms with Gasteiger partial charge in [0.2, 0.25) is 0 Å². The second-order valence-electron chi connectivity index (χ2n) is 3.60. The normalized spacial score (nSPS) is 10.6. The van der Waals surface area contributed by atoms with Crippen molar-refractivity contribution in [1.29, 1.82) is 0 Å². The summed E-state index contributed by atoms with van der Waals surface area (Å²) in [5, 5.41) is 9.57. The van der Waals surface area contributed by atoms with E-state index < -0.39 is 0 Å². The summed E-state index contributed by atoms with van der Waals surface area (Å²) in [5.41, 5.74) is 2.01. The average Bonchev–Trinajstić information content (AvgIpc) is 2.28. The fraction of sp³-hybridized carbons (Fsp3) is 0.308. The predicted octanol–water partition coefficient (Wildman–Crippen LogP) is 2.36. The SMILES string of the molecule is COC(=O)/C=C/CCc1cc(C)ccc1O. The minimum atomic E-state index is -0.353. The molecular weight excluding hydrogens is 204 g/mol. The second-order valence-corrected chi connectivity index (χ2v) is 3.60. The summed E-state index contributed by atoms with van der Waals surface area (Å²) in [5.74, 6) is -0.0504. The van der Waals surface area contributed by atoms with Crippen LogP contribution in [0.4, 0.5) is 0 Å². The summed E-state index contributed by atoms with van der Waals surface area (Å²) in [6.45, 7) is 1.98. The number of phenols is 1. The molecule has 0 saturated carbocycles. The standard InChI is InChI=1S/C13H16O3/c1-10-7-8-12(14)11(9-10)5-3-4-6-13(15)16-2/h4,6-9,14H,3,5H2,1-2H3/b6-4+. The molecule has 1 aromatic carbocycles. The molecule has 1 rings (SSSR count). The smallest absolute Gasteiger partial charge is 0.330 e. The van der Waals surface area contributed by atoms with Crippen molar-refractivity contribution >= 4 is 5.97 Å². The molecule has 0 aliphatic rings. The number of hydrogen-bond donors (Lipinski definition) is 1. The molecule has 86 valence electrons. The van der Waals surface area contributed by atoms with Crippen molar-refractivity contribution in [3.8, 4) is 5.75 Å². The summed E-state index contributed by atoms with van der Waals surface area (Å²) in [7, 11) is 1.35. The Morgan fingerprint density at radius 1 is 1.50 bits per heavy atom. The molecule has 0 aromatic heterocycles. The van der Waals surface area contributed by atoms with Gasteiger partial charge >= 0.3 is 5.97 Å². The fourth-order valence-corrected chi connectivity index (χ4v) is 1.40. The highest BCUT2D eigenvalue weighted by atomic mass is 16.5. The molecule has 0 saturated heterocycles. The maximum atomic E-state index is 10.8. The van der Waals surface area contributed by atoms with Gasteiger partial charge in [0.15, 0.2) is 0 Å². The third-order valence-electron chi connectivity index (χ3n) is 2.27. The Morgan fingerprint density at radius 2 is 2.25 bits per heavy atom. The number of benzene rings is 1. The van der Waals surface area contributed by atoms with Crippen LogP contribution in [0, 0.1) is 6.92 Å². The van der Waals surface area contributed by atoms with Crippen LogP contribution in [0.25, 0.3) is 0 Å². The van der Waals surface area contributed by atoms with Crippen LogP contribution in [0.3, 0.4) is 0 Å². The molecule has 16 heavy (non-hydrogen) atoms. The summed E-state index contributed by atoms with van der Waals surface area (Å²) in [6, 6.07) is 5.50. The Morgan fingerprint density at radius 3 is 2.94 bits per heavy atom. The number of rotatable bonds is 4. The van der Waals surface area contributed by atoms with Crippen LogP contribution in [0.2, 0.25) is 0 Å². The Hall–Kier alpha value is -1.77. The molecule has 0 heterocycles. The van der Waals surface area contributed by atoms with Gasteiger partial charge in [0.1, 0.15) is 5.75 Å². The van der Waals surface area contributed by atoms with Crippen molar-refractivity contribution in [3.63, 3.8) is 0 Å².